The minimum atomic E-state index is 0.177. The van der Waals surface area contributed by atoms with Crippen LogP contribution in [0.1, 0.15) is 33.1 Å². The van der Waals surface area contributed by atoms with Gasteiger partial charge in [-0.15, -0.1) is 0 Å². The van der Waals surface area contributed by atoms with Crippen LogP contribution in [-0.4, -0.2) is 20.3 Å². The van der Waals surface area contributed by atoms with E-state index in [1.165, 1.54) is 0 Å². The number of ether oxygens (including phenoxy) is 2. The molecule has 0 fully saturated rings. The Morgan fingerprint density at radius 1 is 1.17 bits per heavy atom. The maximum atomic E-state index is 5.85. The molecule has 0 aliphatic heterocycles. The Hall–Kier alpha value is -1.22. The Morgan fingerprint density at radius 2 is 1.83 bits per heavy atom. The largest absolute Gasteiger partial charge is 0.493 e. The van der Waals surface area contributed by atoms with E-state index in [9.17, 15) is 0 Å². The molecule has 0 bridgehead atoms. The summed E-state index contributed by atoms with van der Waals surface area (Å²) in [4.78, 5) is 0. The molecule has 0 aliphatic carbocycles. The van der Waals surface area contributed by atoms with Crippen LogP contribution in [-0.2, 0) is 0 Å². The van der Waals surface area contributed by atoms with E-state index in [0.29, 0.717) is 13.2 Å². The van der Waals surface area contributed by atoms with Crippen LogP contribution >= 0.6 is 0 Å². The molecule has 1 rings (SSSR count). The van der Waals surface area contributed by atoms with Crippen LogP contribution in [0.5, 0.6) is 11.5 Å². The highest BCUT2D eigenvalue weighted by molar-refractivity contribution is 5.39. The molecule has 0 aliphatic rings. The summed E-state index contributed by atoms with van der Waals surface area (Å²) in [7, 11) is 1.66. The van der Waals surface area contributed by atoms with Gasteiger partial charge in [0.05, 0.1) is 13.7 Å². The van der Waals surface area contributed by atoms with Gasteiger partial charge in [0.1, 0.15) is 0 Å². The summed E-state index contributed by atoms with van der Waals surface area (Å²) in [5.74, 6) is 1.58. The lowest BCUT2D eigenvalue weighted by Crippen LogP contribution is -2.29. The lowest BCUT2D eigenvalue weighted by atomic mass is 9.83. The second-order valence-corrected chi connectivity index (χ2v) is 5.01. The van der Waals surface area contributed by atoms with Gasteiger partial charge in [-0.05, 0) is 36.9 Å². The predicted octanol–water partition coefficient (Wildman–Crippen LogP) is 3.23. The van der Waals surface area contributed by atoms with Crippen molar-refractivity contribution in [2.45, 2.75) is 33.1 Å². The van der Waals surface area contributed by atoms with E-state index < -0.39 is 0 Å². The number of rotatable bonds is 8. The van der Waals surface area contributed by atoms with Crippen LogP contribution < -0.4 is 15.2 Å². The molecule has 1 aromatic carbocycles. The van der Waals surface area contributed by atoms with Gasteiger partial charge in [0, 0.05) is 0 Å². The monoisotopic (exact) mass is 251 g/mol. The number of hydrogen-bond donors (Lipinski definition) is 1. The quantitative estimate of drug-likeness (QED) is 0.771. The molecule has 102 valence electrons. The number of para-hydroxylation sites is 2. The van der Waals surface area contributed by atoms with Crippen molar-refractivity contribution in [3.63, 3.8) is 0 Å². The first-order valence-corrected chi connectivity index (χ1v) is 6.61. The van der Waals surface area contributed by atoms with Gasteiger partial charge in [0.15, 0.2) is 11.5 Å². The zero-order valence-corrected chi connectivity index (χ0v) is 11.7. The highest BCUT2D eigenvalue weighted by Crippen LogP contribution is 2.29. The fourth-order valence-electron chi connectivity index (χ4n) is 2.08. The second-order valence-electron chi connectivity index (χ2n) is 5.01. The predicted molar refractivity (Wildman–Crippen MR) is 75.2 cm³/mol. The third-order valence-corrected chi connectivity index (χ3v) is 3.38. The molecule has 18 heavy (non-hydrogen) atoms. The lowest BCUT2D eigenvalue weighted by Gasteiger charge is -2.27. The Morgan fingerprint density at radius 3 is 2.39 bits per heavy atom. The van der Waals surface area contributed by atoms with E-state index in [4.69, 9.17) is 15.2 Å². The summed E-state index contributed by atoms with van der Waals surface area (Å²) in [6, 6.07) is 7.72. The third-order valence-electron chi connectivity index (χ3n) is 3.38. The van der Waals surface area contributed by atoms with Gasteiger partial charge in [0.25, 0.3) is 0 Å². The molecule has 3 nitrogen and oxygen atoms in total. The number of hydrogen-bond acceptors (Lipinski definition) is 3. The van der Waals surface area contributed by atoms with Crippen LogP contribution in [0.3, 0.4) is 0 Å². The second kappa shape index (κ2) is 7.27. The van der Waals surface area contributed by atoms with Crippen molar-refractivity contribution in [2.24, 2.45) is 11.1 Å². The Labute approximate surface area is 110 Å². The molecule has 0 radical (unpaired) electrons. The number of methoxy groups -OCH3 is 1. The average molecular weight is 251 g/mol. The van der Waals surface area contributed by atoms with Gasteiger partial charge >= 0.3 is 0 Å². The zero-order valence-electron chi connectivity index (χ0n) is 11.7. The van der Waals surface area contributed by atoms with E-state index in [1.807, 2.05) is 24.3 Å². The molecular weight excluding hydrogens is 226 g/mol. The van der Waals surface area contributed by atoms with Crippen molar-refractivity contribution in [3.05, 3.63) is 24.3 Å². The minimum absolute atomic E-state index is 0.177. The van der Waals surface area contributed by atoms with Gasteiger partial charge in [-0.1, -0.05) is 32.4 Å². The van der Waals surface area contributed by atoms with Gasteiger partial charge in [-0.3, -0.25) is 0 Å². The van der Waals surface area contributed by atoms with Gasteiger partial charge in [-0.25, -0.2) is 0 Å². The number of nitrogens with two attached hydrogens (primary N) is 1. The van der Waals surface area contributed by atoms with Crippen molar-refractivity contribution in [1.29, 1.82) is 0 Å². The molecule has 2 N–H and O–H groups in total. The van der Waals surface area contributed by atoms with Crippen molar-refractivity contribution < 1.29 is 9.47 Å². The van der Waals surface area contributed by atoms with Crippen molar-refractivity contribution in [3.8, 4) is 11.5 Å². The summed E-state index contributed by atoms with van der Waals surface area (Å²) >= 11 is 0. The first kappa shape index (κ1) is 14.8. The molecule has 0 amide bonds. The van der Waals surface area contributed by atoms with E-state index in [0.717, 1.165) is 30.8 Å². The normalized spacial score (nSPS) is 14.0. The first-order chi connectivity index (χ1) is 8.65. The fraction of sp³-hybridized carbons (Fsp3) is 0.600. The van der Waals surface area contributed by atoms with Crippen molar-refractivity contribution >= 4 is 0 Å². The smallest absolute Gasteiger partial charge is 0.161 e. The molecule has 0 aromatic heterocycles. The molecule has 3 heteroatoms. The summed E-state index contributed by atoms with van der Waals surface area (Å²) in [6.45, 7) is 5.79. The minimum Gasteiger partial charge on any atom is -0.493 e. The van der Waals surface area contributed by atoms with E-state index in [2.05, 4.69) is 13.8 Å². The molecule has 0 saturated carbocycles. The maximum absolute atomic E-state index is 5.85. The molecule has 0 saturated heterocycles. The summed E-state index contributed by atoms with van der Waals surface area (Å²) < 4.78 is 11.0. The summed E-state index contributed by atoms with van der Waals surface area (Å²) in [5, 5.41) is 0. The Balaban J connectivity index is 2.50. The van der Waals surface area contributed by atoms with Gasteiger partial charge < -0.3 is 15.2 Å². The lowest BCUT2D eigenvalue weighted by molar-refractivity contribution is 0.200. The molecular formula is C15H25NO2. The van der Waals surface area contributed by atoms with Gasteiger partial charge in [0.2, 0.25) is 0 Å². The fourth-order valence-corrected chi connectivity index (χ4v) is 2.08. The van der Waals surface area contributed by atoms with Crippen LogP contribution in [0, 0.1) is 5.41 Å². The molecule has 0 heterocycles. The highest BCUT2D eigenvalue weighted by atomic mass is 16.5. The standard InChI is InChI=1S/C15H25NO2/c1-4-9-15(2,12-16)10-11-18-14-8-6-5-7-13(14)17-3/h5-8H,4,9-12,16H2,1-3H3. The van der Waals surface area contributed by atoms with E-state index in [-0.39, 0.29) is 5.41 Å². The van der Waals surface area contributed by atoms with Crippen LogP contribution in [0.2, 0.25) is 0 Å². The number of benzene rings is 1. The molecule has 0 spiro atoms. The SMILES string of the molecule is CCCC(C)(CN)CCOc1ccccc1OC. The third kappa shape index (κ3) is 4.22. The van der Waals surface area contributed by atoms with Crippen LogP contribution in [0.25, 0.3) is 0 Å². The van der Waals surface area contributed by atoms with Crippen molar-refractivity contribution in [2.75, 3.05) is 20.3 Å². The Bertz CT molecular complexity index is 354. The molecule has 1 atom stereocenters. The summed E-state index contributed by atoms with van der Waals surface area (Å²) in [5.41, 5.74) is 6.03. The van der Waals surface area contributed by atoms with E-state index in [1.54, 1.807) is 7.11 Å². The maximum Gasteiger partial charge on any atom is 0.161 e. The van der Waals surface area contributed by atoms with E-state index >= 15 is 0 Å². The Kier molecular flexibility index (Phi) is 5.99. The zero-order chi connectivity index (χ0) is 13.4. The van der Waals surface area contributed by atoms with Crippen molar-refractivity contribution in [1.82, 2.24) is 0 Å². The first-order valence-electron chi connectivity index (χ1n) is 6.61. The van der Waals surface area contributed by atoms with Crippen LogP contribution in [0.4, 0.5) is 0 Å². The molecule has 1 aromatic rings. The van der Waals surface area contributed by atoms with Crippen LogP contribution in [0.15, 0.2) is 24.3 Å². The highest BCUT2D eigenvalue weighted by Gasteiger charge is 2.21. The summed E-state index contributed by atoms with van der Waals surface area (Å²) in [6.07, 6.45) is 3.26. The molecule has 1 unspecified atom stereocenters. The van der Waals surface area contributed by atoms with Gasteiger partial charge in [-0.2, -0.15) is 0 Å². The average Bonchev–Trinajstić information content (AvgIpc) is 2.39. The topological polar surface area (TPSA) is 44.5 Å².